The molecule has 3 rings (SSSR count). The minimum atomic E-state index is -0.121. The molecule has 0 atom stereocenters. The molecule has 0 unspecified atom stereocenters. The predicted molar refractivity (Wildman–Crippen MR) is 126 cm³/mol. The van der Waals surface area contributed by atoms with Crippen molar-refractivity contribution in [2.75, 3.05) is 23.8 Å². The van der Waals surface area contributed by atoms with Gasteiger partial charge in [-0.05, 0) is 54.3 Å². The number of benzene rings is 3. The van der Waals surface area contributed by atoms with Crippen LogP contribution in [-0.2, 0) is 11.4 Å². The fourth-order valence-electron chi connectivity index (χ4n) is 2.87. The zero-order valence-electron chi connectivity index (χ0n) is 18.1. The lowest BCUT2D eigenvalue weighted by molar-refractivity contribution is -0.114. The quantitative estimate of drug-likeness (QED) is 0.417. The molecule has 0 spiro atoms. The van der Waals surface area contributed by atoms with Gasteiger partial charge in [-0.25, -0.2) is 0 Å². The molecule has 0 saturated heterocycles. The third-order valence-corrected chi connectivity index (χ3v) is 4.64. The molecule has 162 valence electrons. The molecule has 0 saturated carbocycles. The van der Waals surface area contributed by atoms with E-state index in [1.165, 1.54) is 0 Å². The maximum atomic E-state index is 12.3. The summed E-state index contributed by atoms with van der Waals surface area (Å²) < 4.78 is 11.5. The fraction of sp³-hybridized carbons (Fsp3) is 0.269. The van der Waals surface area contributed by atoms with Crippen LogP contribution in [0.2, 0.25) is 0 Å². The zero-order chi connectivity index (χ0) is 21.9. The van der Waals surface area contributed by atoms with Crippen LogP contribution in [0.1, 0.15) is 25.8 Å². The molecule has 0 aliphatic carbocycles. The van der Waals surface area contributed by atoms with E-state index in [0.717, 1.165) is 34.9 Å². The van der Waals surface area contributed by atoms with Crippen LogP contribution in [0, 0.1) is 5.92 Å². The molecule has 2 N–H and O–H groups in total. The average molecular weight is 419 g/mol. The Kier molecular flexibility index (Phi) is 8.35. The molecule has 5 nitrogen and oxygen atoms in total. The molecule has 31 heavy (non-hydrogen) atoms. The summed E-state index contributed by atoms with van der Waals surface area (Å²) in [5.41, 5.74) is 2.69. The van der Waals surface area contributed by atoms with Gasteiger partial charge < -0.3 is 20.1 Å². The van der Waals surface area contributed by atoms with Crippen LogP contribution in [0.15, 0.2) is 78.9 Å². The van der Waals surface area contributed by atoms with E-state index in [9.17, 15) is 4.79 Å². The summed E-state index contributed by atoms with van der Waals surface area (Å²) in [6, 6.07) is 25.0. The van der Waals surface area contributed by atoms with Gasteiger partial charge in [-0.1, -0.05) is 50.2 Å². The Morgan fingerprint density at radius 1 is 0.839 bits per heavy atom. The highest BCUT2D eigenvalue weighted by Crippen LogP contribution is 2.19. The predicted octanol–water partition coefficient (Wildman–Crippen LogP) is 5.74. The van der Waals surface area contributed by atoms with Gasteiger partial charge in [-0.3, -0.25) is 4.79 Å². The van der Waals surface area contributed by atoms with Crippen molar-refractivity contribution in [2.45, 2.75) is 26.9 Å². The van der Waals surface area contributed by atoms with Gasteiger partial charge in [0.05, 0.1) is 13.2 Å². The molecule has 5 heteroatoms. The van der Waals surface area contributed by atoms with Gasteiger partial charge in [0, 0.05) is 17.4 Å². The van der Waals surface area contributed by atoms with Crippen molar-refractivity contribution < 1.29 is 14.3 Å². The van der Waals surface area contributed by atoms with Crippen LogP contribution in [-0.4, -0.2) is 19.1 Å². The Morgan fingerprint density at radius 3 is 2.35 bits per heavy atom. The number of hydrogen-bond acceptors (Lipinski definition) is 4. The number of carbonyl (C=O) groups excluding carboxylic acids is 1. The topological polar surface area (TPSA) is 59.6 Å². The lowest BCUT2D eigenvalue weighted by atomic mass is 10.1. The molecule has 0 fully saturated rings. The smallest absolute Gasteiger partial charge is 0.243 e. The van der Waals surface area contributed by atoms with Crippen molar-refractivity contribution in [3.8, 4) is 11.5 Å². The summed E-state index contributed by atoms with van der Waals surface area (Å²) >= 11 is 0. The Labute approximate surface area is 184 Å². The lowest BCUT2D eigenvalue weighted by Gasteiger charge is -2.11. The number of anilines is 2. The highest BCUT2D eigenvalue weighted by Gasteiger charge is 2.04. The Hall–Kier alpha value is -3.47. The van der Waals surface area contributed by atoms with E-state index in [2.05, 4.69) is 24.5 Å². The molecule has 0 bridgehead atoms. The van der Waals surface area contributed by atoms with Gasteiger partial charge in [0.15, 0.2) is 0 Å². The number of nitrogens with one attached hydrogen (secondary N) is 2. The number of hydrogen-bond donors (Lipinski definition) is 2. The lowest BCUT2D eigenvalue weighted by Crippen LogP contribution is -2.21. The van der Waals surface area contributed by atoms with Gasteiger partial charge in [0.1, 0.15) is 18.1 Å². The van der Waals surface area contributed by atoms with E-state index in [1.54, 1.807) is 0 Å². The maximum Gasteiger partial charge on any atom is 0.243 e. The standard InChI is InChI=1S/C26H30N2O3/c1-20(2)15-16-30-25-10-6-9-23(17-25)27-18-26(29)28-22-11-13-24(14-12-22)31-19-21-7-4-3-5-8-21/h3-14,17,20,27H,15-16,18-19H2,1-2H3,(H,28,29). The molecular weight excluding hydrogens is 388 g/mol. The third kappa shape index (κ3) is 8.05. The highest BCUT2D eigenvalue weighted by atomic mass is 16.5. The molecule has 0 aliphatic rings. The van der Waals surface area contributed by atoms with Crippen LogP contribution in [0.3, 0.4) is 0 Å². The monoisotopic (exact) mass is 418 g/mol. The minimum absolute atomic E-state index is 0.121. The van der Waals surface area contributed by atoms with Crippen LogP contribution < -0.4 is 20.1 Å². The third-order valence-electron chi connectivity index (χ3n) is 4.64. The van der Waals surface area contributed by atoms with Crippen LogP contribution in [0.25, 0.3) is 0 Å². The second-order valence-electron chi connectivity index (χ2n) is 7.76. The van der Waals surface area contributed by atoms with Gasteiger partial charge in [0.25, 0.3) is 0 Å². The van der Waals surface area contributed by atoms with Gasteiger partial charge in [-0.15, -0.1) is 0 Å². The van der Waals surface area contributed by atoms with E-state index in [4.69, 9.17) is 9.47 Å². The van der Waals surface area contributed by atoms with Crippen molar-refractivity contribution >= 4 is 17.3 Å². The first kappa shape index (κ1) is 22.2. The number of rotatable bonds is 11. The second kappa shape index (κ2) is 11.6. The molecule has 0 aromatic heterocycles. The van der Waals surface area contributed by atoms with Crippen molar-refractivity contribution in [3.05, 3.63) is 84.4 Å². The largest absolute Gasteiger partial charge is 0.494 e. The van der Waals surface area contributed by atoms with Gasteiger partial charge >= 0.3 is 0 Å². The van der Waals surface area contributed by atoms with Gasteiger partial charge in [-0.2, -0.15) is 0 Å². The zero-order valence-corrected chi connectivity index (χ0v) is 18.1. The number of ether oxygens (including phenoxy) is 2. The Morgan fingerprint density at radius 2 is 1.61 bits per heavy atom. The van der Waals surface area contributed by atoms with Crippen molar-refractivity contribution in [1.29, 1.82) is 0 Å². The van der Waals surface area contributed by atoms with Crippen LogP contribution >= 0.6 is 0 Å². The second-order valence-corrected chi connectivity index (χ2v) is 7.76. The normalized spacial score (nSPS) is 10.5. The fourth-order valence-corrected chi connectivity index (χ4v) is 2.87. The highest BCUT2D eigenvalue weighted by molar-refractivity contribution is 5.93. The summed E-state index contributed by atoms with van der Waals surface area (Å²) in [7, 11) is 0. The van der Waals surface area contributed by atoms with Crippen LogP contribution in [0.4, 0.5) is 11.4 Å². The van der Waals surface area contributed by atoms with E-state index >= 15 is 0 Å². The van der Waals surface area contributed by atoms with E-state index in [1.807, 2.05) is 78.9 Å². The van der Waals surface area contributed by atoms with Crippen molar-refractivity contribution in [1.82, 2.24) is 0 Å². The minimum Gasteiger partial charge on any atom is -0.494 e. The molecule has 1 amide bonds. The molecule has 0 heterocycles. The maximum absolute atomic E-state index is 12.3. The molecular formula is C26H30N2O3. The number of carbonyl (C=O) groups is 1. The first-order valence-corrected chi connectivity index (χ1v) is 10.6. The molecule has 3 aromatic rings. The Bertz CT molecular complexity index is 940. The molecule has 0 aliphatic heterocycles. The summed E-state index contributed by atoms with van der Waals surface area (Å²) in [5.74, 6) is 2.05. The summed E-state index contributed by atoms with van der Waals surface area (Å²) in [6.07, 6.45) is 1.01. The molecule has 3 aromatic carbocycles. The SMILES string of the molecule is CC(C)CCOc1cccc(NCC(=O)Nc2ccc(OCc3ccccc3)cc2)c1. The van der Waals surface area contributed by atoms with Gasteiger partial charge in [0.2, 0.25) is 5.91 Å². The summed E-state index contributed by atoms with van der Waals surface area (Å²) in [4.78, 5) is 12.3. The van der Waals surface area contributed by atoms with Crippen molar-refractivity contribution in [2.24, 2.45) is 5.92 Å². The van der Waals surface area contributed by atoms with Crippen LogP contribution in [0.5, 0.6) is 11.5 Å². The summed E-state index contributed by atoms with van der Waals surface area (Å²) in [6.45, 7) is 5.71. The van der Waals surface area contributed by atoms with Crippen molar-refractivity contribution in [3.63, 3.8) is 0 Å². The van der Waals surface area contributed by atoms with E-state index in [-0.39, 0.29) is 12.5 Å². The summed E-state index contributed by atoms with van der Waals surface area (Å²) in [5, 5.41) is 6.02. The molecule has 0 radical (unpaired) electrons. The first-order chi connectivity index (χ1) is 15.1. The average Bonchev–Trinajstić information content (AvgIpc) is 2.78. The number of amides is 1. The first-order valence-electron chi connectivity index (χ1n) is 10.6. The van der Waals surface area contributed by atoms with E-state index < -0.39 is 0 Å². The van der Waals surface area contributed by atoms with E-state index in [0.29, 0.717) is 19.1 Å². The Balaban J connectivity index is 1.42.